The van der Waals surface area contributed by atoms with Gasteiger partial charge in [0.25, 0.3) is 5.89 Å². The second-order valence-corrected chi connectivity index (χ2v) is 3.89. The summed E-state index contributed by atoms with van der Waals surface area (Å²) in [5.41, 5.74) is 0.248. The highest BCUT2D eigenvalue weighted by molar-refractivity contribution is 5.63. The number of aromatic nitrogens is 2. The summed E-state index contributed by atoms with van der Waals surface area (Å²) in [7, 11) is 0. The number of benzene rings is 1. The molecule has 1 aromatic carbocycles. The van der Waals surface area contributed by atoms with Gasteiger partial charge in [-0.3, -0.25) is 0 Å². The lowest BCUT2D eigenvalue weighted by Gasteiger charge is -1.98. The Morgan fingerprint density at radius 3 is 2.76 bits per heavy atom. The molecule has 0 saturated carbocycles. The first-order valence-corrected chi connectivity index (χ1v) is 5.16. The summed E-state index contributed by atoms with van der Waals surface area (Å²) in [5, 5.41) is 12.7. The van der Waals surface area contributed by atoms with Crippen LogP contribution in [0.25, 0.3) is 11.5 Å². The van der Waals surface area contributed by atoms with Crippen LogP contribution in [0.3, 0.4) is 0 Å². The van der Waals surface area contributed by atoms with Crippen LogP contribution in [-0.2, 0) is 0 Å². The van der Waals surface area contributed by atoms with Crippen molar-refractivity contribution in [3.63, 3.8) is 0 Å². The monoisotopic (exact) mass is 231 g/mol. The van der Waals surface area contributed by atoms with Crippen LogP contribution in [0.15, 0.2) is 22.7 Å². The molecule has 4 nitrogen and oxygen atoms in total. The van der Waals surface area contributed by atoms with E-state index >= 15 is 0 Å². The minimum atomic E-state index is -0.589. The molecule has 0 radical (unpaired) electrons. The Kier molecular flexibility index (Phi) is 2.88. The van der Waals surface area contributed by atoms with Crippen LogP contribution >= 0.6 is 0 Å². The fourth-order valence-corrected chi connectivity index (χ4v) is 1.39. The summed E-state index contributed by atoms with van der Waals surface area (Å²) in [6.45, 7) is 3.84. The fourth-order valence-electron chi connectivity index (χ4n) is 1.39. The van der Waals surface area contributed by atoms with Crippen LogP contribution in [0.4, 0.5) is 4.39 Å². The van der Waals surface area contributed by atoms with E-state index in [4.69, 9.17) is 9.78 Å². The Hall–Kier alpha value is -2.22. The maximum absolute atomic E-state index is 13.4. The van der Waals surface area contributed by atoms with Crippen molar-refractivity contribution in [3.05, 3.63) is 35.4 Å². The van der Waals surface area contributed by atoms with E-state index in [0.717, 1.165) is 0 Å². The first-order valence-electron chi connectivity index (χ1n) is 5.16. The van der Waals surface area contributed by atoms with E-state index in [1.807, 2.05) is 13.8 Å². The van der Waals surface area contributed by atoms with E-state index in [1.165, 1.54) is 12.1 Å². The van der Waals surface area contributed by atoms with Crippen LogP contribution in [-0.4, -0.2) is 10.1 Å². The quantitative estimate of drug-likeness (QED) is 0.797. The van der Waals surface area contributed by atoms with Crippen LogP contribution in [0, 0.1) is 17.1 Å². The molecule has 1 heterocycles. The van der Waals surface area contributed by atoms with Gasteiger partial charge in [0.2, 0.25) is 0 Å². The van der Waals surface area contributed by atoms with Gasteiger partial charge in [0.1, 0.15) is 17.4 Å². The predicted molar refractivity (Wildman–Crippen MR) is 58.5 cm³/mol. The Balaban J connectivity index is 2.53. The van der Waals surface area contributed by atoms with Crippen LogP contribution < -0.4 is 0 Å². The van der Waals surface area contributed by atoms with Gasteiger partial charge in [-0.1, -0.05) is 25.1 Å². The third kappa shape index (κ3) is 2.02. The first kappa shape index (κ1) is 11.3. The fraction of sp³-hybridized carbons (Fsp3) is 0.250. The van der Waals surface area contributed by atoms with Crippen molar-refractivity contribution in [3.8, 4) is 17.5 Å². The molecule has 86 valence electrons. The molecule has 2 aromatic rings. The second kappa shape index (κ2) is 4.34. The highest BCUT2D eigenvalue weighted by atomic mass is 19.1. The van der Waals surface area contributed by atoms with Crippen molar-refractivity contribution < 1.29 is 8.91 Å². The van der Waals surface area contributed by atoms with Gasteiger partial charge in [-0.25, -0.2) is 4.39 Å². The lowest BCUT2D eigenvalue weighted by Crippen LogP contribution is -1.91. The minimum Gasteiger partial charge on any atom is -0.334 e. The highest BCUT2D eigenvalue weighted by Crippen LogP contribution is 2.24. The number of nitrogens with zero attached hydrogens (tertiary/aromatic N) is 3. The van der Waals surface area contributed by atoms with E-state index in [9.17, 15) is 4.39 Å². The van der Waals surface area contributed by atoms with Gasteiger partial charge in [-0.05, 0) is 12.1 Å². The van der Waals surface area contributed by atoms with Gasteiger partial charge >= 0.3 is 0 Å². The molecule has 5 heteroatoms. The molecule has 2 rings (SSSR count). The molecule has 0 fully saturated rings. The summed E-state index contributed by atoms with van der Waals surface area (Å²) >= 11 is 0. The maximum Gasteiger partial charge on any atom is 0.259 e. The summed E-state index contributed by atoms with van der Waals surface area (Å²) in [5.74, 6) is 0.235. The minimum absolute atomic E-state index is 0.0774. The molecule has 17 heavy (non-hydrogen) atoms. The van der Waals surface area contributed by atoms with E-state index in [1.54, 1.807) is 12.1 Å². The molecule has 0 bridgehead atoms. The molecule has 0 aliphatic rings. The molecule has 0 spiro atoms. The Labute approximate surface area is 97.7 Å². The highest BCUT2D eigenvalue weighted by Gasteiger charge is 2.16. The largest absolute Gasteiger partial charge is 0.334 e. The average molecular weight is 231 g/mol. The predicted octanol–water partition coefficient (Wildman–Crippen LogP) is 2.87. The lowest BCUT2D eigenvalue weighted by molar-refractivity contribution is 0.419. The van der Waals surface area contributed by atoms with E-state index in [0.29, 0.717) is 11.4 Å². The first-order chi connectivity index (χ1) is 8.13. The standard InChI is InChI=1S/C12H10FN3O/c1-7(2)11-15-12(17-16-11)8-4-3-5-10(13)9(8)6-14/h3-5,7H,1-2H3. The summed E-state index contributed by atoms with van der Waals surface area (Å²) < 4.78 is 18.4. The maximum atomic E-state index is 13.4. The Morgan fingerprint density at radius 1 is 1.41 bits per heavy atom. The van der Waals surface area contributed by atoms with Crippen molar-refractivity contribution >= 4 is 0 Å². The lowest BCUT2D eigenvalue weighted by atomic mass is 10.1. The van der Waals surface area contributed by atoms with Crippen molar-refractivity contribution in [1.82, 2.24) is 10.1 Å². The van der Waals surface area contributed by atoms with Crippen molar-refractivity contribution in [1.29, 1.82) is 5.26 Å². The zero-order valence-corrected chi connectivity index (χ0v) is 9.44. The zero-order chi connectivity index (χ0) is 12.4. The van der Waals surface area contributed by atoms with Crippen molar-refractivity contribution in [2.24, 2.45) is 0 Å². The zero-order valence-electron chi connectivity index (χ0n) is 9.44. The number of hydrogen-bond donors (Lipinski definition) is 0. The number of nitriles is 1. The summed E-state index contributed by atoms with van der Waals surface area (Å²) in [6, 6.07) is 6.11. The van der Waals surface area contributed by atoms with Gasteiger partial charge in [-0.15, -0.1) is 0 Å². The molecule has 0 N–H and O–H groups in total. The molecule has 0 aliphatic heterocycles. The van der Waals surface area contributed by atoms with Crippen molar-refractivity contribution in [2.45, 2.75) is 19.8 Å². The molecule has 0 unspecified atom stereocenters. The SMILES string of the molecule is CC(C)c1noc(-c2cccc(F)c2C#N)n1. The topological polar surface area (TPSA) is 62.7 Å². The van der Waals surface area contributed by atoms with E-state index < -0.39 is 5.82 Å². The van der Waals surface area contributed by atoms with E-state index in [2.05, 4.69) is 10.1 Å². The molecule has 0 aliphatic carbocycles. The van der Waals surface area contributed by atoms with Crippen LogP contribution in [0.5, 0.6) is 0 Å². The Morgan fingerprint density at radius 2 is 2.18 bits per heavy atom. The molecular formula is C12H10FN3O. The third-order valence-corrected chi connectivity index (χ3v) is 2.31. The van der Waals surface area contributed by atoms with Gasteiger partial charge in [0.05, 0.1) is 5.56 Å². The molecule has 0 saturated heterocycles. The summed E-state index contributed by atoms with van der Waals surface area (Å²) in [6.07, 6.45) is 0. The number of hydrogen-bond acceptors (Lipinski definition) is 4. The van der Waals surface area contributed by atoms with Crippen LogP contribution in [0.2, 0.25) is 0 Å². The number of rotatable bonds is 2. The van der Waals surface area contributed by atoms with Crippen LogP contribution in [0.1, 0.15) is 31.2 Å². The molecular weight excluding hydrogens is 221 g/mol. The van der Waals surface area contributed by atoms with Gasteiger partial charge in [0, 0.05) is 5.92 Å². The van der Waals surface area contributed by atoms with Gasteiger partial charge in [-0.2, -0.15) is 10.2 Å². The van der Waals surface area contributed by atoms with Crippen molar-refractivity contribution in [2.75, 3.05) is 0 Å². The van der Waals surface area contributed by atoms with Gasteiger partial charge in [0.15, 0.2) is 5.82 Å². The molecule has 0 amide bonds. The van der Waals surface area contributed by atoms with Gasteiger partial charge < -0.3 is 4.52 Å². The third-order valence-electron chi connectivity index (χ3n) is 2.31. The molecule has 1 aromatic heterocycles. The number of halogens is 1. The average Bonchev–Trinajstić information content (AvgIpc) is 2.77. The molecule has 0 atom stereocenters. The normalized spacial score (nSPS) is 10.5. The Bertz CT molecular complexity index is 584. The van der Waals surface area contributed by atoms with E-state index in [-0.39, 0.29) is 17.4 Å². The second-order valence-electron chi connectivity index (χ2n) is 3.89. The summed E-state index contributed by atoms with van der Waals surface area (Å²) in [4.78, 5) is 4.13. The smallest absolute Gasteiger partial charge is 0.259 e.